The molecule has 0 radical (unpaired) electrons. The SMILES string of the molecule is COC(CNC(=O)Nc1ccc(Br)c(C)c1)OC. The smallest absolute Gasteiger partial charge is 0.319 e. The Balaban J connectivity index is 2.46. The molecule has 0 bridgehead atoms. The molecule has 0 aliphatic heterocycles. The Morgan fingerprint density at radius 1 is 1.39 bits per heavy atom. The van der Waals surface area contributed by atoms with Gasteiger partial charge in [-0.2, -0.15) is 0 Å². The van der Waals surface area contributed by atoms with Crippen molar-refractivity contribution in [1.29, 1.82) is 0 Å². The molecule has 2 amide bonds. The summed E-state index contributed by atoms with van der Waals surface area (Å²) in [5.41, 5.74) is 1.79. The molecule has 0 aliphatic carbocycles. The van der Waals surface area contributed by atoms with Gasteiger partial charge in [0.1, 0.15) is 0 Å². The van der Waals surface area contributed by atoms with Crippen LogP contribution in [0.25, 0.3) is 0 Å². The largest absolute Gasteiger partial charge is 0.354 e. The third-order valence-electron chi connectivity index (χ3n) is 2.37. The van der Waals surface area contributed by atoms with E-state index in [1.165, 1.54) is 14.2 Å². The average molecular weight is 317 g/mol. The highest BCUT2D eigenvalue weighted by Crippen LogP contribution is 2.19. The predicted octanol–water partition coefficient (Wildman–Crippen LogP) is 2.50. The second-order valence-electron chi connectivity index (χ2n) is 3.70. The van der Waals surface area contributed by atoms with E-state index >= 15 is 0 Å². The van der Waals surface area contributed by atoms with E-state index in [0.29, 0.717) is 0 Å². The quantitative estimate of drug-likeness (QED) is 0.820. The summed E-state index contributed by atoms with van der Waals surface area (Å²) in [7, 11) is 3.04. The number of urea groups is 1. The minimum absolute atomic E-state index is 0.286. The molecule has 0 saturated heterocycles. The molecule has 2 N–H and O–H groups in total. The van der Waals surface area contributed by atoms with Crippen LogP contribution in [0.5, 0.6) is 0 Å². The number of anilines is 1. The molecule has 0 atom stereocenters. The van der Waals surface area contributed by atoms with Gasteiger partial charge in [-0.05, 0) is 30.7 Å². The topological polar surface area (TPSA) is 59.6 Å². The number of halogens is 1. The molecule has 1 aromatic rings. The Morgan fingerprint density at radius 2 is 2.06 bits per heavy atom. The van der Waals surface area contributed by atoms with Crippen molar-refractivity contribution in [3.63, 3.8) is 0 Å². The van der Waals surface area contributed by atoms with Gasteiger partial charge in [0.05, 0.1) is 6.54 Å². The molecule has 0 spiro atoms. The van der Waals surface area contributed by atoms with Crippen molar-refractivity contribution in [2.45, 2.75) is 13.2 Å². The standard InChI is InChI=1S/C12H17BrN2O3/c1-8-6-9(4-5-10(8)13)15-12(16)14-7-11(17-2)18-3/h4-6,11H,7H2,1-3H3,(H2,14,15,16). The van der Waals surface area contributed by atoms with Crippen molar-refractivity contribution in [1.82, 2.24) is 5.32 Å². The number of ether oxygens (including phenoxy) is 2. The summed E-state index contributed by atoms with van der Waals surface area (Å²) in [4.78, 5) is 11.6. The first-order chi connectivity index (χ1) is 8.56. The number of carbonyl (C=O) groups excluding carboxylic acids is 1. The molecule has 1 aromatic carbocycles. The maximum Gasteiger partial charge on any atom is 0.319 e. The molecule has 6 heteroatoms. The van der Waals surface area contributed by atoms with Crippen LogP contribution in [0.4, 0.5) is 10.5 Å². The van der Waals surface area contributed by atoms with Crippen LogP contribution in [-0.2, 0) is 9.47 Å². The highest BCUT2D eigenvalue weighted by Gasteiger charge is 2.08. The van der Waals surface area contributed by atoms with Crippen LogP contribution >= 0.6 is 15.9 Å². The van der Waals surface area contributed by atoms with E-state index in [0.717, 1.165) is 15.7 Å². The highest BCUT2D eigenvalue weighted by atomic mass is 79.9. The molecule has 0 aromatic heterocycles. The number of rotatable bonds is 5. The van der Waals surface area contributed by atoms with Crippen LogP contribution in [0.2, 0.25) is 0 Å². The summed E-state index contributed by atoms with van der Waals surface area (Å²) in [6.45, 7) is 2.24. The Kier molecular flexibility index (Phi) is 6.11. The third kappa shape index (κ3) is 4.64. The lowest BCUT2D eigenvalue weighted by atomic mass is 10.2. The van der Waals surface area contributed by atoms with Gasteiger partial charge in [-0.15, -0.1) is 0 Å². The van der Waals surface area contributed by atoms with E-state index < -0.39 is 6.29 Å². The van der Waals surface area contributed by atoms with Gasteiger partial charge in [0.2, 0.25) is 0 Å². The molecule has 0 fully saturated rings. The summed E-state index contributed by atoms with van der Waals surface area (Å²) >= 11 is 3.40. The molecule has 0 saturated carbocycles. The van der Waals surface area contributed by atoms with Gasteiger partial charge in [-0.25, -0.2) is 4.79 Å². The summed E-state index contributed by atoms with van der Waals surface area (Å²) in [6.07, 6.45) is -0.442. The third-order valence-corrected chi connectivity index (χ3v) is 3.26. The van der Waals surface area contributed by atoms with Gasteiger partial charge in [-0.1, -0.05) is 15.9 Å². The zero-order chi connectivity index (χ0) is 13.5. The van der Waals surface area contributed by atoms with E-state index in [1.807, 2.05) is 25.1 Å². The highest BCUT2D eigenvalue weighted by molar-refractivity contribution is 9.10. The van der Waals surface area contributed by atoms with Crippen LogP contribution in [0.15, 0.2) is 22.7 Å². The molecule has 0 unspecified atom stereocenters. The number of nitrogens with one attached hydrogen (secondary N) is 2. The van der Waals surface area contributed by atoms with Crippen molar-refractivity contribution in [2.75, 3.05) is 26.1 Å². The summed E-state index contributed by atoms with van der Waals surface area (Å²) in [5, 5.41) is 5.39. The van der Waals surface area contributed by atoms with Crippen molar-refractivity contribution in [3.8, 4) is 0 Å². The lowest BCUT2D eigenvalue weighted by Gasteiger charge is -2.14. The molecule has 18 heavy (non-hydrogen) atoms. The normalized spacial score (nSPS) is 10.5. The summed E-state index contributed by atoms with van der Waals surface area (Å²) in [5.74, 6) is 0. The molecule has 0 heterocycles. The van der Waals surface area contributed by atoms with Crippen molar-refractivity contribution < 1.29 is 14.3 Å². The van der Waals surface area contributed by atoms with Crippen LogP contribution in [-0.4, -0.2) is 33.1 Å². The second-order valence-corrected chi connectivity index (χ2v) is 4.55. The average Bonchev–Trinajstić information content (AvgIpc) is 2.35. The van der Waals surface area contributed by atoms with Gasteiger partial charge >= 0.3 is 6.03 Å². The first kappa shape index (κ1) is 14.9. The van der Waals surface area contributed by atoms with Crippen molar-refractivity contribution in [3.05, 3.63) is 28.2 Å². The van der Waals surface area contributed by atoms with Crippen LogP contribution in [0, 0.1) is 6.92 Å². The number of hydrogen-bond donors (Lipinski definition) is 2. The Bertz CT molecular complexity index is 408. The molecular formula is C12H17BrN2O3. The van der Waals surface area contributed by atoms with Gasteiger partial charge in [0.25, 0.3) is 0 Å². The number of carbonyl (C=O) groups is 1. The van der Waals surface area contributed by atoms with E-state index in [2.05, 4.69) is 26.6 Å². The van der Waals surface area contributed by atoms with Crippen LogP contribution in [0.1, 0.15) is 5.56 Å². The first-order valence-electron chi connectivity index (χ1n) is 5.43. The van der Waals surface area contributed by atoms with E-state index in [9.17, 15) is 4.79 Å². The molecule has 0 aliphatic rings. The fourth-order valence-corrected chi connectivity index (χ4v) is 1.58. The van der Waals surface area contributed by atoms with Gasteiger partial charge in [0, 0.05) is 24.4 Å². The second kappa shape index (κ2) is 7.35. The zero-order valence-electron chi connectivity index (χ0n) is 10.6. The van der Waals surface area contributed by atoms with Gasteiger partial charge < -0.3 is 20.1 Å². The van der Waals surface area contributed by atoms with Crippen LogP contribution in [0.3, 0.4) is 0 Å². The lowest BCUT2D eigenvalue weighted by molar-refractivity contribution is -0.0970. The fourth-order valence-electron chi connectivity index (χ4n) is 1.34. The minimum Gasteiger partial charge on any atom is -0.354 e. The summed E-state index contributed by atoms with van der Waals surface area (Å²) < 4.78 is 10.9. The number of methoxy groups -OCH3 is 2. The van der Waals surface area contributed by atoms with Crippen molar-refractivity contribution in [2.24, 2.45) is 0 Å². The number of aryl methyl sites for hydroxylation is 1. The van der Waals surface area contributed by atoms with E-state index in [-0.39, 0.29) is 12.6 Å². The van der Waals surface area contributed by atoms with Gasteiger partial charge in [-0.3, -0.25) is 0 Å². The maximum absolute atomic E-state index is 11.6. The molecular weight excluding hydrogens is 300 g/mol. The Hall–Kier alpha value is -1.11. The molecule has 5 nitrogen and oxygen atoms in total. The predicted molar refractivity (Wildman–Crippen MR) is 73.7 cm³/mol. The molecule has 1 rings (SSSR count). The van der Waals surface area contributed by atoms with Crippen LogP contribution < -0.4 is 10.6 Å². The fraction of sp³-hybridized carbons (Fsp3) is 0.417. The van der Waals surface area contributed by atoms with E-state index in [4.69, 9.17) is 9.47 Å². The number of benzene rings is 1. The van der Waals surface area contributed by atoms with Gasteiger partial charge in [0.15, 0.2) is 6.29 Å². The minimum atomic E-state index is -0.442. The van der Waals surface area contributed by atoms with E-state index in [1.54, 1.807) is 0 Å². The molecule has 100 valence electrons. The van der Waals surface area contributed by atoms with Crippen molar-refractivity contribution >= 4 is 27.6 Å². The number of hydrogen-bond acceptors (Lipinski definition) is 3. The maximum atomic E-state index is 11.6. The Labute approximate surface area is 115 Å². The summed E-state index contributed by atoms with van der Waals surface area (Å²) in [6, 6.07) is 5.29. The first-order valence-corrected chi connectivity index (χ1v) is 6.22. The Morgan fingerprint density at radius 3 is 2.61 bits per heavy atom. The lowest BCUT2D eigenvalue weighted by Crippen LogP contribution is -2.36. The zero-order valence-corrected chi connectivity index (χ0v) is 12.2. The monoisotopic (exact) mass is 316 g/mol. The number of amides is 2.